The van der Waals surface area contributed by atoms with E-state index in [9.17, 15) is 9.59 Å². The maximum atomic E-state index is 12.3. The number of amides is 1. The van der Waals surface area contributed by atoms with Gasteiger partial charge >= 0.3 is 5.97 Å². The van der Waals surface area contributed by atoms with Crippen molar-refractivity contribution in [3.63, 3.8) is 0 Å². The number of carboxylic acid groups (broad SMARTS) is 1. The van der Waals surface area contributed by atoms with Crippen LogP contribution in [0.3, 0.4) is 0 Å². The summed E-state index contributed by atoms with van der Waals surface area (Å²) in [5, 5.41) is 13.6. The summed E-state index contributed by atoms with van der Waals surface area (Å²) >= 11 is 0. The molecule has 0 aromatic carbocycles. The lowest BCUT2D eigenvalue weighted by Gasteiger charge is -2.15. The van der Waals surface area contributed by atoms with E-state index in [0.29, 0.717) is 38.3 Å². The molecule has 1 N–H and O–H groups in total. The van der Waals surface area contributed by atoms with Crippen molar-refractivity contribution < 1.29 is 14.7 Å². The van der Waals surface area contributed by atoms with E-state index in [0.717, 1.165) is 23.5 Å². The average molecular weight is 321 g/mol. The first-order valence-electron chi connectivity index (χ1n) is 8.33. The molecule has 0 unspecified atom stereocenters. The Balaban J connectivity index is 1.95. The minimum absolute atomic E-state index is 0.0455. The van der Waals surface area contributed by atoms with Crippen LogP contribution in [0.5, 0.6) is 0 Å². The van der Waals surface area contributed by atoms with Gasteiger partial charge in [-0.05, 0) is 38.2 Å². The first kappa shape index (κ1) is 17.5. The lowest BCUT2D eigenvalue weighted by Crippen LogP contribution is -2.30. The lowest BCUT2D eigenvalue weighted by atomic mass is 10.1. The Morgan fingerprint density at radius 2 is 2.04 bits per heavy atom. The van der Waals surface area contributed by atoms with Crippen molar-refractivity contribution in [2.45, 2.75) is 53.5 Å². The quantitative estimate of drug-likeness (QED) is 0.870. The van der Waals surface area contributed by atoms with Crippen molar-refractivity contribution in [3.8, 4) is 0 Å². The Morgan fingerprint density at radius 1 is 1.35 bits per heavy atom. The van der Waals surface area contributed by atoms with Crippen LogP contribution in [-0.4, -0.2) is 44.8 Å². The third-order valence-electron chi connectivity index (χ3n) is 4.55. The molecule has 2 heterocycles. The van der Waals surface area contributed by atoms with Crippen molar-refractivity contribution in [3.05, 3.63) is 17.0 Å². The predicted octanol–water partition coefficient (Wildman–Crippen LogP) is 2.02. The summed E-state index contributed by atoms with van der Waals surface area (Å²) in [7, 11) is 0. The molecule has 1 aromatic rings. The van der Waals surface area contributed by atoms with Crippen molar-refractivity contribution in [2.75, 3.05) is 13.1 Å². The van der Waals surface area contributed by atoms with Crippen LogP contribution >= 0.6 is 0 Å². The molecule has 0 bridgehead atoms. The van der Waals surface area contributed by atoms with E-state index in [1.54, 1.807) is 4.90 Å². The Bertz CT molecular complexity index is 592. The summed E-state index contributed by atoms with van der Waals surface area (Å²) in [6.45, 7) is 10.1. The third-order valence-corrected chi connectivity index (χ3v) is 4.55. The largest absolute Gasteiger partial charge is 0.481 e. The number of aliphatic carboxylic acids is 1. The smallest absolute Gasteiger partial charge is 0.308 e. The van der Waals surface area contributed by atoms with Crippen LogP contribution in [0.1, 0.15) is 43.6 Å². The molecule has 23 heavy (non-hydrogen) atoms. The predicted molar refractivity (Wildman–Crippen MR) is 87.2 cm³/mol. The minimum Gasteiger partial charge on any atom is -0.481 e. The fourth-order valence-corrected chi connectivity index (χ4v) is 3.20. The Labute approximate surface area is 137 Å². The first-order valence-corrected chi connectivity index (χ1v) is 8.33. The fourth-order valence-electron chi connectivity index (χ4n) is 3.20. The van der Waals surface area contributed by atoms with Gasteiger partial charge < -0.3 is 10.0 Å². The molecule has 1 saturated heterocycles. The van der Waals surface area contributed by atoms with Gasteiger partial charge in [0.05, 0.1) is 11.6 Å². The molecule has 0 spiro atoms. The van der Waals surface area contributed by atoms with Gasteiger partial charge in [-0.25, -0.2) is 0 Å². The Morgan fingerprint density at radius 3 is 2.61 bits per heavy atom. The molecule has 1 amide bonds. The molecule has 1 aliphatic rings. The second kappa shape index (κ2) is 7.15. The van der Waals surface area contributed by atoms with Crippen LogP contribution in [0.15, 0.2) is 0 Å². The molecule has 1 fully saturated rings. The highest BCUT2D eigenvalue weighted by atomic mass is 16.4. The number of hydrogen-bond acceptors (Lipinski definition) is 3. The van der Waals surface area contributed by atoms with E-state index in [1.165, 1.54) is 0 Å². The lowest BCUT2D eigenvalue weighted by molar-refractivity contribution is -0.141. The van der Waals surface area contributed by atoms with Crippen molar-refractivity contribution >= 4 is 11.9 Å². The maximum absolute atomic E-state index is 12.3. The molecule has 2 rings (SSSR count). The van der Waals surface area contributed by atoms with Crippen LogP contribution in [0.25, 0.3) is 0 Å². The van der Waals surface area contributed by atoms with Crippen LogP contribution in [0.4, 0.5) is 0 Å². The van der Waals surface area contributed by atoms with Gasteiger partial charge in [-0.3, -0.25) is 14.3 Å². The van der Waals surface area contributed by atoms with Crippen LogP contribution in [-0.2, 0) is 22.6 Å². The summed E-state index contributed by atoms with van der Waals surface area (Å²) in [6, 6.07) is 0. The number of aryl methyl sites for hydroxylation is 1. The molecule has 1 atom stereocenters. The summed E-state index contributed by atoms with van der Waals surface area (Å²) < 4.78 is 2.02. The number of hydrogen-bond donors (Lipinski definition) is 1. The number of likely N-dealkylation sites (tertiary alicyclic amines) is 1. The minimum atomic E-state index is -0.804. The highest BCUT2D eigenvalue weighted by Crippen LogP contribution is 2.20. The van der Waals surface area contributed by atoms with Crippen LogP contribution in [0.2, 0.25) is 0 Å². The van der Waals surface area contributed by atoms with Gasteiger partial charge in [0.1, 0.15) is 0 Å². The monoisotopic (exact) mass is 321 g/mol. The summed E-state index contributed by atoms with van der Waals surface area (Å²) in [5.74, 6) is -0.637. The topological polar surface area (TPSA) is 75.4 Å². The molecule has 128 valence electrons. The average Bonchev–Trinajstić information content (AvgIpc) is 3.04. The van der Waals surface area contributed by atoms with Crippen LogP contribution in [0, 0.1) is 25.7 Å². The van der Waals surface area contributed by atoms with Gasteiger partial charge in [0, 0.05) is 31.7 Å². The summed E-state index contributed by atoms with van der Waals surface area (Å²) in [5.41, 5.74) is 3.27. The van der Waals surface area contributed by atoms with Crippen molar-refractivity contribution in [1.82, 2.24) is 14.7 Å². The zero-order valence-electron chi connectivity index (χ0n) is 14.5. The molecule has 0 radical (unpaired) electrons. The van der Waals surface area contributed by atoms with E-state index < -0.39 is 11.9 Å². The fraction of sp³-hybridized carbons (Fsp3) is 0.706. The Hall–Kier alpha value is -1.85. The normalized spacial score (nSPS) is 18.0. The molecule has 0 aliphatic carbocycles. The second-order valence-corrected chi connectivity index (χ2v) is 6.89. The van der Waals surface area contributed by atoms with E-state index in [2.05, 4.69) is 25.9 Å². The zero-order chi connectivity index (χ0) is 17.1. The van der Waals surface area contributed by atoms with Gasteiger partial charge in [-0.2, -0.15) is 5.10 Å². The van der Waals surface area contributed by atoms with Gasteiger partial charge in [0.2, 0.25) is 5.91 Å². The van der Waals surface area contributed by atoms with Crippen molar-refractivity contribution in [1.29, 1.82) is 0 Å². The van der Waals surface area contributed by atoms with Gasteiger partial charge in [-0.1, -0.05) is 13.8 Å². The van der Waals surface area contributed by atoms with Gasteiger partial charge in [-0.15, -0.1) is 0 Å². The molecule has 0 saturated carbocycles. The Kier molecular flexibility index (Phi) is 5.44. The number of carboxylic acids is 1. The van der Waals surface area contributed by atoms with E-state index in [-0.39, 0.29) is 5.91 Å². The molecule has 1 aromatic heterocycles. The molecule has 1 aliphatic heterocycles. The van der Waals surface area contributed by atoms with E-state index in [4.69, 9.17) is 5.11 Å². The van der Waals surface area contributed by atoms with Gasteiger partial charge in [0.25, 0.3) is 0 Å². The molecular weight excluding hydrogens is 294 g/mol. The van der Waals surface area contributed by atoms with E-state index >= 15 is 0 Å². The zero-order valence-corrected chi connectivity index (χ0v) is 14.5. The standard InChI is InChI=1S/C17H27N3O3/c1-11(2)9-20-13(4)15(12(3)18-20)5-6-16(21)19-8-7-14(10-19)17(22)23/h11,14H,5-10H2,1-4H3,(H,22,23)/t14-/m1/s1. The summed E-state index contributed by atoms with van der Waals surface area (Å²) in [4.78, 5) is 25.0. The highest BCUT2D eigenvalue weighted by molar-refractivity contribution is 5.79. The molecular formula is C17H27N3O3. The third kappa shape index (κ3) is 4.12. The maximum Gasteiger partial charge on any atom is 0.308 e. The highest BCUT2D eigenvalue weighted by Gasteiger charge is 2.30. The van der Waals surface area contributed by atoms with E-state index in [1.807, 2.05) is 11.6 Å². The number of carbonyl (C=O) groups excluding carboxylic acids is 1. The van der Waals surface area contributed by atoms with Crippen molar-refractivity contribution in [2.24, 2.45) is 11.8 Å². The SMILES string of the molecule is Cc1nn(CC(C)C)c(C)c1CCC(=O)N1CC[C@@H](C(=O)O)C1. The second-order valence-electron chi connectivity index (χ2n) is 6.89. The van der Waals surface area contributed by atoms with Crippen LogP contribution < -0.4 is 0 Å². The number of carbonyl (C=O) groups is 2. The number of nitrogens with zero attached hydrogens (tertiary/aromatic N) is 3. The first-order chi connectivity index (χ1) is 10.8. The molecule has 6 heteroatoms. The number of rotatable bonds is 6. The molecule has 6 nitrogen and oxygen atoms in total. The summed E-state index contributed by atoms with van der Waals surface area (Å²) in [6.07, 6.45) is 1.65. The number of aromatic nitrogens is 2. The van der Waals surface area contributed by atoms with Gasteiger partial charge in [0.15, 0.2) is 0 Å².